The minimum absolute atomic E-state index is 0.304. The van der Waals surface area contributed by atoms with E-state index in [0.29, 0.717) is 16.9 Å². The van der Waals surface area contributed by atoms with E-state index in [-0.39, 0.29) is 0 Å². The minimum Gasteiger partial charge on any atom is -0.497 e. The molecule has 5 heteroatoms. The molecule has 0 aliphatic carbocycles. The van der Waals surface area contributed by atoms with E-state index in [4.69, 9.17) is 13.9 Å². The van der Waals surface area contributed by atoms with Gasteiger partial charge in [0.05, 0.1) is 12.7 Å². The lowest BCUT2D eigenvalue weighted by Crippen LogP contribution is -2.08. The summed E-state index contributed by atoms with van der Waals surface area (Å²) >= 11 is 0. The first-order valence-corrected chi connectivity index (χ1v) is 9.05. The lowest BCUT2D eigenvalue weighted by atomic mass is 10.0. The number of esters is 1. The summed E-state index contributed by atoms with van der Waals surface area (Å²) in [4.78, 5) is 24.4. The number of hydrogen-bond donors (Lipinski definition) is 0. The van der Waals surface area contributed by atoms with Crippen molar-refractivity contribution in [3.63, 3.8) is 0 Å². The van der Waals surface area contributed by atoms with Crippen molar-refractivity contribution in [3.8, 4) is 22.6 Å². The van der Waals surface area contributed by atoms with Gasteiger partial charge in [-0.2, -0.15) is 0 Å². The highest BCUT2D eigenvalue weighted by atomic mass is 16.5. The van der Waals surface area contributed by atoms with Crippen molar-refractivity contribution in [1.29, 1.82) is 0 Å². The van der Waals surface area contributed by atoms with Crippen LogP contribution in [0.15, 0.2) is 82.0 Å². The molecular formula is C24H18O5. The molecule has 144 valence electrons. The molecule has 1 heterocycles. The Bertz CT molecular complexity index is 1240. The zero-order chi connectivity index (χ0) is 20.4. The molecule has 4 aromatic rings. The number of carbonyl (C=O) groups is 1. The Hall–Kier alpha value is -3.86. The molecule has 1 aromatic heterocycles. The van der Waals surface area contributed by atoms with Crippen LogP contribution in [0.25, 0.3) is 22.1 Å². The van der Waals surface area contributed by atoms with Crippen LogP contribution in [-0.4, -0.2) is 13.1 Å². The van der Waals surface area contributed by atoms with Gasteiger partial charge in [0.15, 0.2) is 0 Å². The van der Waals surface area contributed by atoms with Gasteiger partial charge in [-0.3, -0.25) is 0 Å². The SMILES string of the molecule is COc1ccc(-c2cc(=O)oc3cc(OC(=O)c4ccc(C)cc4)ccc23)cc1. The molecule has 0 radical (unpaired) electrons. The van der Waals surface area contributed by atoms with E-state index in [0.717, 1.165) is 27.8 Å². The average Bonchev–Trinajstić information content (AvgIpc) is 2.73. The van der Waals surface area contributed by atoms with Crippen LogP contribution in [0, 0.1) is 6.92 Å². The molecule has 0 amide bonds. The van der Waals surface area contributed by atoms with Crippen LogP contribution >= 0.6 is 0 Å². The van der Waals surface area contributed by atoms with Gasteiger partial charge in [-0.05, 0) is 54.4 Å². The number of rotatable bonds is 4. The maximum absolute atomic E-state index is 12.4. The predicted octanol–water partition coefficient (Wildman–Crippen LogP) is 5.00. The molecule has 0 spiro atoms. The van der Waals surface area contributed by atoms with Crippen LogP contribution in [-0.2, 0) is 0 Å². The number of ether oxygens (including phenoxy) is 2. The van der Waals surface area contributed by atoms with E-state index in [9.17, 15) is 9.59 Å². The highest BCUT2D eigenvalue weighted by molar-refractivity contribution is 5.95. The quantitative estimate of drug-likeness (QED) is 0.281. The normalized spacial score (nSPS) is 10.7. The maximum atomic E-state index is 12.4. The fourth-order valence-corrected chi connectivity index (χ4v) is 3.07. The highest BCUT2D eigenvalue weighted by Crippen LogP contribution is 2.31. The number of carbonyl (C=O) groups excluding carboxylic acids is 1. The van der Waals surface area contributed by atoms with Gasteiger partial charge in [-0.15, -0.1) is 0 Å². The molecule has 5 nitrogen and oxygen atoms in total. The van der Waals surface area contributed by atoms with E-state index in [1.54, 1.807) is 37.4 Å². The van der Waals surface area contributed by atoms with E-state index in [1.165, 1.54) is 6.07 Å². The average molecular weight is 386 g/mol. The molecule has 0 unspecified atom stereocenters. The summed E-state index contributed by atoms with van der Waals surface area (Å²) in [6, 6.07) is 21.0. The van der Waals surface area contributed by atoms with Crippen molar-refractivity contribution in [1.82, 2.24) is 0 Å². The maximum Gasteiger partial charge on any atom is 0.343 e. The Morgan fingerprint density at radius 2 is 1.55 bits per heavy atom. The van der Waals surface area contributed by atoms with E-state index in [1.807, 2.05) is 43.3 Å². The van der Waals surface area contributed by atoms with Crippen LogP contribution in [0.2, 0.25) is 0 Å². The smallest absolute Gasteiger partial charge is 0.343 e. The summed E-state index contributed by atoms with van der Waals surface area (Å²) in [5.74, 6) is 0.558. The Labute approximate surface area is 167 Å². The van der Waals surface area contributed by atoms with Gasteiger partial charge in [-0.25, -0.2) is 9.59 Å². The van der Waals surface area contributed by atoms with Crippen LogP contribution < -0.4 is 15.1 Å². The zero-order valence-electron chi connectivity index (χ0n) is 16.0. The van der Waals surface area contributed by atoms with Crippen LogP contribution in [0.5, 0.6) is 11.5 Å². The van der Waals surface area contributed by atoms with Crippen LogP contribution in [0.4, 0.5) is 0 Å². The molecule has 0 bridgehead atoms. The molecule has 0 aliphatic rings. The molecular weight excluding hydrogens is 368 g/mol. The fourth-order valence-electron chi connectivity index (χ4n) is 3.07. The third-order valence-corrected chi connectivity index (χ3v) is 4.61. The summed E-state index contributed by atoms with van der Waals surface area (Å²) in [7, 11) is 1.60. The first-order valence-electron chi connectivity index (χ1n) is 9.05. The first-order chi connectivity index (χ1) is 14.0. The van der Waals surface area contributed by atoms with Gasteiger partial charge in [-0.1, -0.05) is 29.8 Å². The minimum atomic E-state index is -0.481. The summed E-state index contributed by atoms with van der Waals surface area (Å²) in [5, 5.41) is 0.741. The Balaban J connectivity index is 1.70. The summed E-state index contributed by atoms with van der Waals surface area (Å²) in [5.41, 5.74) is 2.95. The summed E-state index contributed by atoms with van der Waals surface area (Å²) in [6.45, 7) is 1.95. The van der Waals surface area contributed by atoms with Crippen LogP contribution in [0.3, 0.4) is 0 Å². The molecule has 29 heavy (non-hydrogen) atoms. The molecule has 0 saturated carbocycles. The lowest BCUT2D eigenvalue weighted by Gasteiger charge is -2.09. The van der Waals surface area contributed by atoms with Crippen molar-refractivity contribution in [2.45, 2.75) is 6.92 Å². The number of aryl methyl sites for hydroxylation is 1. The fraction of sp³-hybridized carbons (Fsp3) is 0.0833. The van der Waals surface area contributed by atoms with Crippen LogP contribution in [0.1, 0.15) is 15.9 Å². The number of methoxy groups -OCH3 is 1. The number of fused-ring (bicyclic) bond motifs is 1. The Morgan fingerprint density at radius 1 is 0.862 bits per heavy atom. The summed E-state index contributed by atoms with van der Waals surface area (Å²) < 4.78 is 16.0. The lowest BCUT2D eigenvalue weighted by molar-refractivity contribution is 0.0735. The molecule has 0 atom stereocenters. The second-order valence-electron chi connectivity index (χ2n) is 6.62. The van der Waals surface area contributed by atoms with Crippen molar-refractivity contribution in [2.24, 2.45) is 0 Å². The van der Waals surface area contributed by atoms with Gasteiger partial charge < -0.3 is 13.9 Å². The Kier molecular flexibility index (Phi) is 4.87. The number of benzene rings is 3. The topological polar surface area (TPSA) is 65.7 Å². The molecule has 0 fully saturated rings. The molecule has 0 saturated heterocycles. The van der Waals surface area contributed by atoms with E-state index < -0.39 is 11.6 Å². The van der Waals surface area contributed by atoms with Crippen molar-refractivity contribution >= 4 is 16.9 Å². The molecule has 0 N–H and O–H groups in total. The number of hydrogen-bond acceptors (Lipinski definition) is 5. The second-order valence-corrected chi connectivity index (χ2v) is 6.62. The van der Waals surface area contributed by atoms with Crippen molar-refractivity contribution in [3.05, 3.63) is 94.3 Å². The monoisotopic (exact) mass is 386 g/mol. The van der Waals surface area contributed by atoms with Gasteiger partial charge in [0, 0.05) is 17.5 Å². The predicted molar refractivity (Wildman–Crippen MR) is 111 cm³/mol. The highest BCUT2D eigenvalue weighted by Gasteiger charge is 2.12. The van der Waals surface area contributed by atoms with E-state index >= 15 is 0 Å². The van der Waals surface area contributed by atoms with Gasteiger partial charge in [0.25, 0.3) is 0 Å². The first kappa shape index (κ1) is 18.5. The largest absolute Gasteiger partial charge is 0.497 e. The molecule has 4 rings (SSSR count). The third kappa shape index (κ3) is 3.89. The standard InChI is InChI=1S/C24H18O5/c1-15-3-5-17(6-4-15)24(26)28-19-11-12-20-21(14-23(25)29-22(20)13-19)16-7-9-18(27-2)10-8-16/h3-14H,1-2H3. The second kappa shape index (κ2) is 7.64. The molecule has 0 aliphatic heterocycles. The van der Waals surface area contributed by atoms with Gasteiger partial charge >= 0.3 is 11.6 Å². The third-order valence-electron chi connectivity index (χ3n) is 4.61. The van der Waals surface area contributed by atoms with E-state index in [2.05, 4.69) is 0 Å². The van der Waals surface area contributed by atoms with Crippen molar-refractivity contribution < 1.29 is 18.7 Å². The van der Waals surface area contributed by atoms with Gasteiger partial charge in [0.1, 0.15) is 17.1 Å². The summed E-state index contributed by atoms with van der Waals surface area (Å²) in [6.07, 6.45) is 0. The zero-order valence-corrected chi connectivity index (χ0v) is 16.0. The Morgan fingerprint density at radius 3 is 2.24 bits per heavy atom. The van der Waals surface area contributed by atoms with Gasteiger partial charge in [0.2, 0.25) is 0 Å². The molecule has 3 aromatic carbocycles. The van der Waals surface area contributed by atoms with Crippen molar-refractivity contribution in [2.75, 3.05) is 7.11 Å².